The van der Waals surface area contributed by atoms with Gasteiger partial charge in [0.2, 0.25) is 0 Å². The van der Waals surface area contributed by atoms with Crippen LogP contribution < -0.4 is 5.32 Å². The van der Waals surface area contributed by atoms with Gasteiger partial charge in [0.15, 0.2) is 17.8 Å². The Morgan fingerprint density at radius 1 is 1.24 bits per heavy atom. The van der Waals surface area contributed by atoms with E-state index in [0.717, 1.165) is 5.69 Å². The standard InChI is InChI=1S/C17H16N4O4/c1-3-24-17(23)14-8-9-21(20-14)13-6-4-12(5-7-13)19-16(22)15-11(2)25-10-18-15/h4-10H,3H2,1-2H3,(H,19,22). The summed E-state index contributed by atoms with van der Waals surface area (Å²) in [5.74, 6) is -0.354. The van der Waals surface area contributed by atoms with E-state index in [2.05, 4.69) is 15.4 Å². The lowest BCUT2D eigenvalue weighted by molar-refractivity contribution is 0.0519. The van der Waals surface area contributed by atoms with Crippen LogP contribution in [0, 0.1) is 6.92 Å². The van der Waals surface area contributed by atoms with Crippen LogP contribution in [-0.2, 0) is 4.74 Å². The Bertz CT molecular complexity index is 896. The lowest BCUT2D eigenvalue weighted by Gasteiger charge is -2.06. The van der Waals surface area contributed by atoms with E-state index in [1.165, 1.54) is 6.39 Å². The van der Waals surface area contributed by atoms with Gasteiger partial charge in [-0.1, -0.05) is 0 Å². The summed E-state index contributed by atoms with van der Waals surface area (Å²) < 4.78 is 11.5. The Kier molecular flexibility index (Phi) is 4.60. The summed E-state index contributed by atoms with van der Waals surface area (Å²) in [6, 6.07) is 8.59. The van der Waals surface area contributed by atoms with E-state index < -0.39 is 5.97 Å². The lowest BCUT2D eigenvalue weighted by atomic mass is 10.2. The molecular formula is C17H16N4O4. The van der Waals surface area contributed by atoms with Crippen molar-refractivity contribution in [2.45, 2.75) is 13.8 Å². The van der Waals surface area contributed by atoms with Crippen LogP contribution in [0.3, 0.4) is 0 Å². The van der Waals surface area contributed by atoms with E-state index in [-0.39, 0.29) is 17.3 Å². The maximum Gasteiger partial charge on any atom is 0.358 e. The van der Waals surface area contributed by atoms with Gasteiger partial charge in [0.25, 0.3) is 5.91 Å². The highest BCUT2D eigenvalue weighted by molar-refractivity contribution is 6.03. The van der Waals surface area contributed by atoms with E-state index in [0.29, 0.717) is 18.1 Å². The monoisotopic (exact) mass is 340 g/mol. The highest BCUT2D eigenvalue weighted by Gasteiger charge is 2.14. The number of nitrogens with zero attached hydrogens (tertiary/aromatic N) is 3. The second-order valence-electron chi connectivity index (χ2n) is 5.12. The molecule has 0 aliphatic carbocycles. The second-order valence-corrected chi connectivity index (χ2v) is 5.12. The zero-order chi connectivity index (χ0) is 17.8. The number of aromatic nitrogens is 3. The average molecular weight is 340 g/mol. The van der Waals surface area contributed by atoms with Gasteiger partial charge < -0.3 is 14.5 Å². The highest BCUT2D eigenvalue weighted by Crippen LogP contribution is 2.15. The third kappa shape index (κ3) is 3.57. The van der Waals surface area contributed by atoms with Gasteiger partial charge in [-0.2, -0.15) is 5.10 Å². The fourth-order valence-electron chi connectivity index (χ4n) is 2.19. The maximum absolute atomic E-state index is 12.1. The number of nitrogens with one attached hydrogen (secondary N) is 1. The molecule has 0 saturated carbocycles. The molecule has 0 bridgehead atoms. The summed E-state index contributed by atoms with van der Waals surface area (Å²) in [6.07, 6.45) is 2.89. The van der Waals surface area contributed by atoms with Gasteiger partial charge in [0.05, 0.1) is 12.3 Å². The molecule has 3 aromatic rings. The fraction of sp³-hybridized carbons (Fsp3) is 0.176. The number of aryl methyl sites for hydroxylation is 1. The number of anilines is 1. The van der Waals surface area contributed by atoms with Gasteiger partial charge in [0.1, 0.15) is 5.76 Å². The molecule has 0 aliphatic rings. The molecule has 8 nitrogen and oxygen atoms in total. The van der Waals surface area contributed by atoms with Crippen molar-refractivity contribution in [3.05, 3.63) is 60.1 Å². The van der Waals surface area contributed by atoms with Gasteiger partial charge >= 0.3 is 5.97 Å². The van der Waals surface area contributed by atoms with Crippen LogP contribution in [0.5, 0.6) is 0 Å². The Morgan fingerprint density at radius 2 is 2.00 bits per heavy atom. The number of amides is 1. The zero-order valence-corrected chi connectivity index (χ0v) is 13.7. The summed E-state index contributed by atoms with van der Waals surface area (Å²) >= 11 is 0. The lowest BCUT2D eigenvalue weighted by Crippen LogP contribution is -2.13. The Balaban J connectivity index is 1.71. The summed E-state index contributed by atoms with van der Waals surface area (Å²) in [5, 5.41) is 6.91. The van der Waals surface area contributed by atoms with Crippen LogP contribution >= 0.6 is 0 Å². The van der Waals surface area contributed by atoms with E-state index in [9.17, 15) is 9.59 Å². The van der Waals surface area contributed by atoms with Crippen LogP contribution in [0.25, 0.3) is 5.69 Å². The average Bonchev–Trinajstić information content (AvgIpc) is 3.25. The topological polar surface area (TPSA) is 99.2 Å². The van der Waals surface area contributed by atoms with E-state index in [4.69, 9.17) is 9.15 Å². The van der Waals surface area contributed by atoms with Crippen molar-refractivity contribution in [2.75, 3.05) is 11.9 Å². The minimum absolute atomic E-state index is 0.237. The predicted molar refractivity (Wildman–Crippen MR) is 88.7 cm³/mol. The molecule has 128 valence electrons. The molecule has 0 unspecified atom stereocenters. The molecule has 0 saturated heterocycles. The minimum atomic E-state index is -0.465. The van der Waals surface area contributed by atoms with Gasteiger partial charge in [-0.3, -0.25) is 4.79 Å². The van der Waals surface area contributed by atoms with Crippen LogP contribution in [0.15, 0.2) is 47.3 Å². The molecular weight excluding hydrogens is 324 g/mol. The molecule has 3 rings (SSSR count). The van der Waals surface area contributed by atoms with Crippen molar-refractivity contribution in [1.29, 1.82) is 0 Å². The number of hydrogen-bond donors (Lipinski definition) is 1. The van der Waals surface area contributed by atoms with Gasteiger partial charge in [0, 0.05) is 11.9 Å². The Labute approximate surface area is 143 Å². The molecule has 0 atom stereocenters. The predicted octanol–water partition coefficient (Wildman–Crippen LogP) is 2.60. The Morgan fingerprint density at radius 3 is 2.64 bits per heavy atom. The normalized spacial score (nSPS) is 10.5. The summed E-state index contributed by atoms with van der Waals surface area (Å²) in [5.41, 5.74) is 1.83. The molecule has 0 spiro atoms. The summed E-state index contributed by atoms with van der Waals surface area (Å²) in [7, 11) is 0. The molecule has 2 aromatic heterocycles. The molecule has 1 aromatic carbocycles. The number of carbonyl (C=O) groups excluding carboxylic acids is 2. The third-order valence-electron chi connectivity index (χ3n) is 3.42. The number of oxazole rings is 1. The van der Waals surface area contributed by atoms with Crippen LogP contribution in [0.1, 0.15) is 33.7 Å². The summed E-state index contributed by atoms with van der Waals surface area (Å²) in [4.78, 5) is 27.6. The van der Waals surface area contributed by atoms with Crippen molar-refractivity contribution >= 4 is 17.6 Å². The maximum atomic E-state index is 12.1. The summed E-state index contributed by atoms with van der Waals surface area (Å²) in [6.45, 7) is 3.71. The first-order valence-corrected chi connectivity index (χ1v) is 7.63. The van der Waals surface area contributed by atoms with Gasteiger partial charge in [-0.05, 0) is 44.2 Å². The van der Waals surface area contributed by atoms with E-state index >= 15 is 0 Å². The SMILES string of the molecule is CCOC(=O)c1ccn(-c2ccc(NC(=O)c3ncoc3C)cc2)n1. The number of ether oxygens (including phenoxy) is 1. The second kappa shape index (κ2) is 7.00. The van der Waals surface area contributed by atoms with Crippen molar-refractivity contribution in [3.63, 3.8) is 0 Å². The van der Waals surface area contributed by atoms with Gasteiger partial charge in [-0.15, -0.1) is 0 Å². The Hall–Kier alpha value is -3.42. The third-order valence-corrected chi connectivity index (χ3v) is 3.42. The van der Waals surface area contributed by atoms with E-state index in [1.54, 1.807) is 55.1 Å². The number of benzene rings is 1. The number of carbonyl (C=O) groups is 2. The quantitative estimate of drug-likeness (QED) is 0.717. The largest absolute Gasteiger partial charge is 0.461 e. The van der Waals surface area contributed by atoms with Crippen molar-refractivity contribution in [3.8, 4) is 5.69 Å². The molecule has 1 N–H and O–H groups in total. The first kappa shape index (κ1) is 16.4. The minimum Gasteiger partial charge on any atom is -0.461 e. The van der Waals surface area contributed by atoms with Crippen LogP contribution in [0.4, 0.5) is 5.69 Å². The number of rotatable bonds is 5. The van der Waals surface area contributed by atoms with E-state index in [1.807, 2.05) is 0 Å². The number of esters is 1. The van der Waals surface area contributed by atoms with Crippen molar-refractivity contribution in [2.24, 2.45) is 0 Å². The number of hydrogen-bond acceptors (Lipinski definition) is 6. The smallest absolute Gasteiger partial charge is 0.358 e. The molecule has 2 heterocycles. The fourth-order valence-corrected chi connectivity index (χ4v) is 2.19. The molecule has 1 amide bonds. The molecule has 0 fully saturated rings. The zero-order valence-electron chi connectivity index (χ0n) is 13.7. The van der Waals surface area contributed by atoms with Crippen LogP contribution in [-0.4, -0.2) is 33.2 Å². The molecule has 25 heavy (non-hydrogen) atoms. The molecule has 0 aliphatic heterocycles. The molecule has 8 heteroatoms. The first-order chi connectivity index (χ1) is 12.1. The van der Waals surface area contributed by atoms with Crippen molar-refractivity contribution < 1.29 is 18.7 Å². The first-order valence-electron chi connectivity index (χ1n) is 7.63. The molecule has 0 radical (unpaired) electrons. The highest BCUT2D eigenvalue weighted by atomic mass is 16.5. The van der Waals surface area contributed by atoms with Gasteiger partial charge in [-0.25, -0.2) is 14.5 Å². The van der Waals surface area contributed by atoms with Crippen LogP contribution in [0.2, 0.25) is 0 Å². The van der Waals surface area contributed by atoms with Crippen molar-refractivity contribution in [1.82, 2.24) is 14.8 Å².